The monoisotopic (exact) mass is 414 g/mol. The summed E-state index contributed by atoms with van der Waals surface area (Å²) < 4.78 is 9.56. The Bertz CT molecular complexity index is 1180. The van der Waals surface area contributed by atoms with Crippen molar-refractivity contribution in [2.75, 3.05) is 7.11 Å². The highest BCUT2D eigenvalue weighted by molar-refractivity contribution is 5.42. The molecule has 5 rings (SSSR count). The van der Waals surface area contributed by atoms with Gasteiger partial charge in [-0.05, 0) is 43.4 Å². The van der Waals surface area contributed by atoms with Crippen molar-refractivity contribution in [3.05, 3.63) is 83.6 Å². The predicted molar refractivity (Wildman–Crippen MR) is 118 cm³/mol. The van der Waals surface area contributed by atoms with E-state index in [1.165, 1.54) is 5.56 Å². The number of pyridine rings is 1. The lowest BCUT2D eigenvalue weighted by Gasteiger charge is -2.22. The molecule has 4 heterocycles. The van der Waals surface area contributed by atoms with Crippen LogP contribution in [0.1, 0.15) is 47.2 Å². The molecule has 0 radical (unpaired) electrons. The summed E-state index contributed by atoms with van der Waals surface area (Å²) in [7, 11) is 1.67. The normalized spacial score (nSPS) is 15.6. The number of fused-ring (bicyclic) bond motifs is 1. The van der Waals surface area contributed by atoms with Crippen LogP contribution in [-0.4, -0.2) is 36.4 Å². The zero-order valence-electron chi connectivity index (χ0n) is 17.9. The Kier molecular flexibility index (Phi) is 5.24. The van der Waals surface area contributed by atoms with Gasteiger partial charge in [0.2, 0.25) is 0 Å². The van der Waals surface area contributed by atoms with Gasteiger partial charge in [-0.3, -0.25) is 4.57 Å². The van der Waals surface area contributed by atoms with Crippen molar-refractivity contribution in [2.24, 2.45) is 0 Å². The van der Waals surface area contributed by atoms with Gasteiger partial charge in [-0.15, -0.1) is 0 Å². The summed E-state index contributed by atoms with van der Waals surface area (Å²) in [6.45, 7) is 2.90. The number of benzene rings is 1. The van der Waals surface area contributed by atoms with Gasteiger partial charge in [-0.2, -0.15) is 5.10 Å². The van der Waals surface area contributed by atoms with Crippen molar-refractivity contribution in [1.82, 2.24) is 29.3 Å². The molecule has 1 aliphatic rings. The Morgan fingerprint density at radius 2 is 2.00 bits per heavy atom. The van der Waals surface area contributed by atoms with Crippen LogP contribution in [0.25, 0.3) is 5.82 Å². The van der Waals surface area contributed by atoms with E-state index >= 15 is 0 Å². The number of rotatable bonds is 6. The zero-order chi connectivity index (χ0) is 21.2. The Labute approximate surface area is 181 Å². The van der Waals surface area contributed by atoms with Crippen LogP contribution in [0.2, 0.25) is 0 Å². The van der Waals surface area contributed by atoms with Gasteiger partial charge < -0.3 is 4.74 Å². The molecule has 0 unspecified atom stereocenters. The molecule has 0 bridgehead atoms. The number of ether oxygens (including phenoxy) is 1. The molecular weight excluding hydrogens is 388 g/mol. The van der Waals surface area contributed by atoms with Gasteiger partial charge in [-0.25, -0.2) is 19.6 Å². The number of aryl methyl sites for hydroxylation is 4. The Balaban J connectivity index is 1.33. The van der Waals surface area contributed by atoms with Gasteiger partial charge >= 0.3 is 0 Å². The number of imidazole rings is 1. The number of nitrogens with zero attached hydrogens (tertiary/aromatic N) is 6. The van der Waals surface area contributed by atoms with E-state index in [-0.39, 0.29) is 0 Å². The maximum absolute atomic E-state index is 5.58. The molecule has 0 saturated heterocycles. The van der Waals surface area contributed by atoms with E-state index < -0.39 is 0 Å². The highest BCUT2D eigenvalue weighted by Crippen LogP contribution is 2.32. The second-order valence-electron chi connectivity index (χ2n) is 8.01. The minimum Gasteiger partial charge on any atom is -0.493 e. The first-order valence-corrected chi connectivity index (χ1v) is 10.7. The van der Waals surface area contributed by atoms with E-state index in [1.807, 2.05) is 30.0 Å². The van der Waals surface area contributed by atoms with Crippen molar-refractivity contribution >= 4 is 0 Å². The number of hydrogen-bond acceptors (Lipinski definition) is 5. The Morgan fingerprint density at radius 3 is 2.77 bits per heavy atom. The van der Waals surface area contributed by atoms with Crippen molar-refractivity contribution in [1.29, 1.82) is 0 Å². The fraction of sp³-hybridized carbons (Fsp3) is 0.333. The summed E-state index contributed by atoms with van der Waals surface area (Å²) in [6.07, 6.45) is 9.43. The Hall–Kier alpha value is -3.48. The number of hydrogen-bond donors (Lipinski definition) is 0. The highest BCUT2D eigenvalue weighted by Gasteiger charge is 2.25. The van der Waals surface area contributed by atoms with Gasteiger partial charge in [0, 0.05) is 31.3 Å². The second kappa shape index (κ2) is 8.34. The summed E-state index contributed by atoms with van der Waals surface area (Å²) in [5.41, 5.74) is 3.36. The topological polar surface area (TPSA) is 70.7 Å². The molecule has 0 aliphatic carbocycles. The van der Waals surface area contributed by atoms with Crippen LogP contribution in [-0.2, 0) is 19.4 Å². The molecule has 0 N–H and O–H groups in total. The molecule has 0 saturated carbocycles. The molecule has 31 heavy (non-hydrogen) atoms. The maximum atomic E-state index is 5.58. The van der Waals surface area contributed by atoms with Crippen LogP contribution < -0.4 is 4.74 Å². The van der Waals surface area contributed by atoms with Crippen LogP contribution in [0.4, 0.5) is 0 Å². The minimum atomic E-state index is 0.330. The maximum Gasteiger partial charge on any atom is 0.180 e. The standard InChI is InChI=1S/C24H26N6O/c1-17-15-29(16-26-17)24-21(31-2)13-18(14-25-24)10-11-22-27-23-20(9-6-12-30(23)28-22)19-7-4-3-5-8-19/h3-5,7-8,13-16,20H,6,9-12H2,1-2H3/t20-/m0/s1. The average Bonchev–Trinajstić information content (AvgIpc) is 3.43. The van der Waals surface area contributed by atoms with E-state index in [9.17, 15) is 0 Å². The van der Waals surface area contributed by atoms with Crippen LogP contribution in [0.3, 0.4) is 0 Å². The molecule has 158 valence electrons. The Morgan fingerprint density at radius 1 is 1.13 bits per heavy atom. The molecule has 0 amide bonds. The van der Waals surface area contributed by atoms with E-state index in [4.69, 9.17) is 14.8 Å². The van der Waals surface area contributed by atoms with Gasteiger partial charge in [0.25, 0.3) is 0 Å². The second-order valence-corrected chi connectivity index (χ2v) is 8.01. The lowest BCUT2D eigenvalue weighted by molar-refractivity contribution is 0.410. The molecule has 1 aromatic carbocycles. The van der Waals surface area contributed by atoms with E-state index in [0.29, 0.717) is 5.92 Å². The predicted octanol–water partition coefficient (Wildman–Crippen LogP) is 3.89. The third kappa shape index (κ3) is 3.95. The van der Waals surface area contributed by atoms with Gasteiger partial charge in [-0.1, -0.05) is 30.3 Å². The molecule has 1 aliphatic heterocycles. The summed E-state index contributed by atoms with van der Waals surface area (Å²) in [6, 6.07) is 12.7. The molecule has 0 fully saturated rings. The fourth-order valence-corrected chi connectivity index (χ4v) is 4.26. The summed E-state index contributed by atoms with van der Waals surface area (Å²) in [5.74, 6) is 3.79. The van der Waals surface area contributed by atoms with Gasteiger partial charge in [0.15, 0.2) is 17.4 Å². The summed E-state index contributed by atoms with van der Waals surface area (Å²) in [4.78, 5) is 13.8. The first-order chi connectivity index (χ1) is 15.2. The smallest absolute Gasteiger partial charge is 0.180 e. The highest BCUT2D eigenvalue weighted by atomic mass is 16.5. The van der Waals surface area contributed by atoms with Crippen LogP contribution in [0.5, 0.6) is 5.75 Å². The largest absolute Gasteiger partial charge is 0.493 e. The van der Waals surface area contributed by atoms with Crippen LogP contribution in [0.15, 0.2) is 55.1 Å². The van der Waals surface area contributed by atoms with Gasteiger partial charge in [0.1, 0.15) is 12.2 Å². The number of aromatic nitrogens is 6. The molecule has 0 spiro atoms. The molecule has 7 nitrogen and oxygen atoms in total. The van der Waals surface area contributed by atoms with Crippen molar-refractivity contribution in [3.63, 3.8) is 0 Å². The van der Waals surface area contributed by atoms with Crippen molar-refractivity contribution in [3.8, 4) is 11.6 Å². The van der Waals surface area contributed by atoms with Crippen LogP contribution >= 0.6 is 0 Å². The lowest BCUT2D eigenvalue weighted by atomic mass is 9.91. The molecule has 4 aromatic rings. The first kappa shape index (κ1) is 19.5. The lowest BCUT2D eigenvalue weighted by Crippen LogP contribution is -2.17. The molecule has 1 atom stereocenters. The first-order valence-electron chi connectivity index (χ1n) is 10.7. The molecule has 3 aromatic heterocycles. The number of methoxy groups -OCH3 is 1. The van der Waals surface area contributed by atoms with E-state index in [2.05, 4.69) is 45.0 Å². The minimum absolute atomic E-state index is 0.330. The molecule has 7 heteroatoms. The van der Waals surface area contributed by atoms with Crippen LogP contribution in [0, 0.1) is 6.92 Å². The molecular formula is C24H26N6O. The fourth-order valence-electron chi connectivity index (χ4n) is 4.26. The quantitative estimate of drug-likeness (QED) is 0.479. The van der Waals surface area contributed by atoms with E-state index in [0.717, 1.165) is 66.7 Å². The van der Waals surface area contributed by atoms with Gasteiger partial charge in [0.05, 0.1) is 12.8 Å². The van der Waals surface area contributed by atoms with Crippen molar-refractivity contribution < 1.29 is 4.74 Å². The zero-order valence-corrected chi connectivity index (χ0v) is 17.9. The van der Waals surface area contributed by atoms with Crippen molar-refractivity contribution in [2.45, 2.75) is 45.1 Å². The summed E-state index contributed by atoms with van der Waals surface area (Å²) >= 11 is 0. The average molecular weight is 415 g/mol. The SMILES string of the molecule is COc1cc(CCc2nc3n(n2)CCC[C@H]3c2ccccc2)cnc1-n1cnc(C)c1. The summed E-state index contributed by atoms with van der Waals surface area (Å²) in [5, 5.41) is 4.79. The van der Waals surface area contributed by atoms with E-state index in [1.54, 1.807) is 13.4 Å². The third-order valence-corrected chi connectivity index (χ3v) is 5.82. The third-order valence-electron chi connectivity index (χ3n) is 5.82.